The van der Waals surface area contributed by atoms with Crippen molar-refractivity contribution in [3.63, 3.8) is 0 Å². The third-order valence-corrected chi connectivity index (χ3v) is 7.82. The molecule has 10 heteroatoms. The SMILES string of the molecule is CCC(C)(C)C(=O)OC12CC3CC(OC(C)C(=O)OCOC)(C1)CC(OC(C)C(=O)OCOC)(C3)C2. The Kier molecular flexibility index (Phi) is 8.75. The van der Waals surface area contributed by atoms with Gasteiger partial charge in [-0.25, -0.2) is 9.59 Å². The second kappa shape index (κ2) is 10.9. The minimum atomic E-state index is -0.850. The van der Waals surface area contributed by atoms with Crippen molar-refractivity contribution in [2.24, 2.45) is 11.3 Å². The monoisotopic (exact) mass is 514 g/mol. The minimum Gasteiger partial charge on any atom is -0.458 e. The van der Waals surface area contributed by atoms with Crippen molar-refractivity contribution in [1.29, 1.82) is 0 Å². The van der Waals surface area contributed by atoms with Crippen LogP contribution < -0.4 is 0 Å². The van der Waals surface area contributed by atoms with Gasteiger partial charge in [0, 0.05) is 33.5 Å². The number of esters is 3. The number of ether oxygens (including phenoxy) is 7. The van der Waals surface area contributed by atoms with Crippen LogP contribution >= 0.6 is 0 Å². The smallest absolute Gasteiger partial charge is 0.337 e. The number of carbonyl (C=O) groups is 3. The first-order valence-electron chi connectivity index (χ1n) is 12.7. The number of rotatable bonds is 13. The molecule has 4 aliphatic carbocycles. The van der Waals surface area contributed by atoms with E-state index in [-0.39, 0.29) is 25.5 Å². The summed E-state index contributed by atoms with van der Waals surface area (Å²) in [5, 5.41) is 0. The Morgan fingerprint density at radius 2 is 1.22 bits per heavy atom. The molecular weight excluding hydrogens is 472 g/mol. The maximum absolute atomic E-state index is 13.2. The molecule has 206 valence electrons. The summed E-state index contributed by atoms with van der Waals surface area (Å²) in [6, 6.07) is 0. The fourth-order valence-electron chi connectivity index (χ4n) is 6.35. The Labute approximate surface area is 213 Å². The largest absolute Gasteiger partial charge is 0.458 e. The summed E-state index contributed by atoms with van der Waals surface area (Å²) in [7, 11) is 2.88. The van der Waals surface area contributed by atoms with Crippen LogP contribution in [0.1, 0.15) is 79.6 Å². The number of carbonyl (C=O) groups excluding carboxylic acids is 3. The molecular formula is C26H42O10. The van der Waals surface area contributed by atoms with Crippen molar-refractivity contribution >= 4 is 17.9 Å². The zero-order valence-electron chi connectivity index (χ0n) is 22.7. The lowest BCUT2D eigenvalue weighted by atomic mass is 9.50. The quantitative estimate of drug-likeness (QED) is 0.206. The van der Waals surface area contributed by atoms with E-state index in [0.717, 1.165) is 0 Å². The highest BCUT2D eigenvalue weighted by molar-refractivity contribution is 5.76. The maximum atomic E-state index is 13.2. The fourth-order valence-corrected chi connectivity index (χ4v) is 6.35. The number of hydrogen-bond acceptors (Lipinski definition) is 10. The van der Waals surface area contributed by atoms with Crippen molar-refractivity contribution < 1.29 is 47.5 Å². The molecule has 4 saturated carbocycles. The van der Waals surface area contributed by atoms with E-state index in [2.05, 4.69) is 0 Å². The van der Waals surface area contributed by atoms with Gasteiger partial charge in [0.25, 0.3) is 0 Å². The molecule has 4 unspecified atom stereocenters. The molecule has 10 nitrogen and oxygen atoms in total. The van der Waals surface area contributed by atoms with Crippen LogP contribution in [0.5, 0.6) is 0 Å². The second-order valence-corrected chi connectivity index (χ2v) is 11.4. The third kappa shape index (κ3) is 6.20. The topological polar surface area (TPSA) is 116 Å². The third-order valence-electron chi connectivity index (χ3n) is 7.82. The molecule has 0 aromatic carbocycles. The van der Waals surface area contributed by atoms with E-state index in [1.807, 2.05) is 20.8 Å². The highest BCUT2D eigenvalue weighted by Crippen LogP contribution is 2.63. The molecule has 4 aliphatic rings. The lowest BCUT2D eigenvalue weighted by molar-refractivity contribution is -0.300. The Morgan fingerprint density at radius 3 is 1.64 bits per heavy atom. The molecule has 0 heterocycles. The average molecular weight is 515 g/mol. The van der Waals surface area contributed by atoms with Gasteiger partial charge in [0.05, 0.1) is 16.6 Å². The first-order chi connectivity index (χ1) is 16.8. The van der Waals surface area contributed by atoms with Crippen LogP contribution in [0.15, 0.2) is 0 Å². The predicted octanol–water partition coefficient (Wildman–Crippen LogP) is 3.28. The maximum Gasteiger partial charge on any atom is 0.337 e. The normalized spacial score (nSPS) is 32.6. The zero-order chi connectivity index (χ0) is 26.8. The number of methoxy groups -OCH3 is 2. The van der Waals surface area contributed by atoms with Gasteiger partial charge >= 0.3 is 17.9 Å². The second-order valence-electron chi connectivity index (χ2n) is 11.4. The molecule has 4 fully saturated rings. The Morgan fingerprint density at radius 1 is 0.806 bits per heavy atom. The summed E-state index contributed by atoms with van der Waals surface area (Å²) in [5.41, 5.74) is -2.98. The van der Waals surface area contributed by atoms with E-state index in [4.69, 9.17) is 33.2 Å². The highest BCUT2D eigenvalue weighted by atomic mass is 16.7. The van der Waals surface area contributed by atoms with E-state index in [9.17, 15) is 14.4 Å². The van der Waals surface area contributed by atoms with Gasteiger partial charge in [-0.15, -0.1) is 0 Å². The van der Waals surface area contributed by atoms with Gasteiger partial charge in [0.1, 0.15) is 5.60 Å². The molecule has 0 aromatic rings. The van der Waals surface area contributed by atoms with Crippen LogP contribution in [0.4, 0.5) is 0 Å². The van der Waals surface area contributed by atoms with E-state index >= 15 is 0 Å². The summed E-state index contributed by atoms with van der Waals surface area (Å²) in [6.07, 6.45) is 2.43. The van der Waals surface area contributed by atoms with Gasteiger partial charge in [0.15, 0.2) is 25.8 Å². The van der Waals surface area contributed by atoms with E-state index in [1.54, 1.807) is 13.8 Å². The lowest BCUT2D eigenvalue weighted by Gasteiger charge is -2.65. The molecule has 0 radical (unpaired) electrons. The minimum absolute atomic E-state index is 0.142. The van der Waals surface area contributed by atoms with Gasteiger partial charge in [-0.05, 0) is 59.3 Å². The Balaban J connectivity index is 1.88. The molecule has 36 heavy (non-hydrogen) atoms. The standard InChI is InChI=1S/C26H42O10/c1-8-23(4,5)22(29)36-26-11-19-9-24(13-26,34-17(2)20(27)32-15-30-6)12-25(10-19,14-26)35-18(3)21(28)33-16-31-7/h17-19H,8-16H2,1-7H3. The Bertz CT molecular complexity index is 780. The lowest BCUT2D eigenvalue weighted by Crippen LogP contribution is -2.69. The first kappa shape index (κ1) is 28.8. The van der Waals surface area contributed by atoms with Gasteiger partial charge in [0.2, 0.25) is 0 Å². The summed E-state index contributed by atoms with van der Waals surface area (Å²) in [4.78, 5) is 38.2. The van der Waals surface area contributed by atoms with Gasteiger partial charge < -0.3 is 33.2 Å². The van der Waals surface area contributed by atoms with Crippen molar-refractivity contribution in [2.75, 3.05) is 27.8 Å². The van der Waals surface area contributed by atoms with Crippen LogP contribution in [-0.2, 0) is 47.5 Å². The van der Waals surface area contributed by atoms with Crippen molar-refractivity contribution in [1.82, 2.24) is 0 Å². The molecule has 0 amide bonds. The van der Waals surface area contributed by atoms with Crippen LogP contribution in [0.2, 0.25) is 0 Å². The van der Waals surface area contributed by atoms with Crippen molar-refractivity contribution in [3.8, 4) is 0 Å². The Hall–Kier alpha value is -1.75. The van der Waals surface area contributed by atoms with E-state index in [1.165, 1.54) is 14.2 Å². The van der Waals surface area contributed by atoms with Crippen LogP contribution in [0, 0.1) is 11.3 Å². The van der Waals surface area contributed by atoms with Crippen molar-refractivity contribution in [2.45, 2.75) is 109 Å². The molecule has 0 aromatic heterocycles. The summed E-state index contributed by atoms with van der Waals surface area (Å²) < 4.78 is 39.0. The van der Waals surface area contributed by atoms with Crippen LogP contribution in [0.3, 0.4) is 0 Å². The summed E-state index contributed by atoms with van der Waals surface area (Å²) in [6.45, 7) is 8.67. The average Bonchev–Trinajstić information content (AvgIpc) is 2.78. The highest BCUT2D eigenvalue weighted by Gasteiger charge is 2.67. The molecule has 0 N–H and O–H groups in total. The molecule has 0 saturated heterocycles. The van der Waals surface area contributed by atoms with Gasteiger partial charge in [-0.1, -0.05) is 6.92 Å². The van der Waals surface area contributed by atoms with Crippen LogP contribution in [-0.4, -0.2) is 74.7 Å². The molecule has 0 spiro atoms. The van der Waals surface area contributed by atoms with E-state index < -0.39 is 46.4 Å². The summed E-state index contributed by atoms with van der Waals surface area (Å²) in [5.74, 6) is -1.19. The van der Waals surface area contributed by atoms with Crippen molar-refractivity contribution in [3.05, 3.63) is 0 Å². The predicted molar refractivity (Wildman–Crippen MR) is 127 cm³/mol. The first-order valence-corrected chi connectivity index (χ1v) is 12.7. The molecule has 4 rings (SSSR count). The molecule has 4 bridgehead atoms. The fraction of sp³-hybridized carbons (Fsp3) is 0.885. The van der Waals surface area contributed by atoms with Gasteiger partial charge in [-0.3, -0.25) is 4.79 Å². The summed E-state index contributed by atoms with van der Waals surface area (Å²) >= 11 is 0. The molecule has 4 atom stereocenters. The number of hydrogen-bond donors (Lipinski definition) is 0. The molecule has 0 aliphatic heterocycles. The van der Waals surface area contributed by atoms with Crippen LogP contribution in [0.25, 0.3) is 0 Å². The zero-order valence-corrected chi connectivity index (χ0v) is 22.7. The van der Waals surface area contributed by atoms with Gasteiger partial charge in [-0.2, -0.15) is 0 Å². The van der Waals surface area contributed by atoms with E-state index in [0.29, 0.717) is 44.9 Å².